The fraction of sp³-hybridized carbons (Fsp3) is 0.143. The average Bonchev–Trinajstić information content (AvgIpc) is 2.77. The second-order valence-electron chi connectivity index (χ2n) is 3.84. The fourth-order valence-corrected chi connectivity index (χ4v) is 2.15. The maximum atomic E-state index is 5.96. The van der Waals surface area contributed by atoms with Crippen molar-refractivity contribution in [3.05, 3.63) is 58.8 Å². The minimum absolute atomic E-state index is 0.597. The van der Waals surface area contributed by atoms with Gasteiger partial charge in [-0.15, -0.1) is 6.58 Å². The molecule has 0 aliphatic heterocycles. The second kappa shape index (κ2) is 6.10. The van der Waals surface area contributed by atoms with Crippen molar-refractivity contribution in [2.45, 2.75) is 6.54 Å². The molecule has 2 aromatic rings. The van der Waals surface area contributed by atoms with E-state index in [0.717, 1.165) is 23.6 Å². The number of hydrogen-bond donors (Lipinski definition) is 1. The van der Waals surface area contributed by atoms with Crippen molar-refractivity contribution in [1.29, 1.82) is 0 Å². The van der Waals surface area contributed by atoms with E-state index in [1.807, 2.05) is 24.3 Å². The Morgan fingerprint density at radius 3 is 2.56 bits per heavy atom. The van der Waals surface area contributed by atoms with Gasteiger partial charge in [-0.3, -0.25) is 0 Å². The molecule has 2 nitrogen and oxygen atoms in total. The highest BCUT2D eigenvalue weighted by Crippen LogP contribution is 2.28. The van der Waals surface area contributed by atoms with Crippen molar-refractivity contribution in [3.63, 3.8) is 0 Å². The third kappa shape index (κ3) is 3.39. The predicted molar refractivity (Wildman–Crippen MR) is 76.1 cm³/mol. The van der Waals surface area contributed by atoms with E-state index in [1.165, 1.54) is 0 Å². The zero-order valence-corrected chi connectivity index (χ0v) is 11.3. The third-order valence-corrected chi connectivity index (χ3v) is 2.83. The summed E-state index contributed by atoms with van der Waals surface area (Å²) in [7, 11) is 0. The number of hydrogen-bond acceptors (Lipinski definition) is 2. The first-order valence-electron chi connectivity index (χ1n) is 5.56. The van der Waals surface area contributed by atoms with Crippen LogP contribution in [0.1, 0.15) is 5.76 Å². The van der Waals surface area contributed by atoms with Crippen LogP contribution in [0.4, 0.5) is 0 Å². The van der Waals surface area contributed by atoms with Crippen molar-refractivity contribution in [3.8, 4) is 11.3 Å². The SMILES string of the molecule is C=CCNCc1ccc(-c2cc(Cl)cc(Cl)c2)o1. The summed E-state index contributed by atoms with van der Waals surface area (Å²) in [5, 5.41) is 4.37. The van der Waals surface area contributed by atoms with Crippen molar-refractivity contribution in [2.24, 2.45) is 0 Å². The Morgan fingerprint density at radius 2 is 1.89 bits per heavy atom. The molecule has 1 heterocycles. The van der Waals surface area contributed by atoms with Gasteiger partial charge in [0.05, 0.1) is 6.54 Å². The lowest BCUT2D eigenvalue weighted by Gasteiger charge is -2.00. The van der Waals surface area contributed by atoms with Crippen LogP contribution in [-0.2, 0) is 6.54 Å². The second-order valence-corrected chi connectivity index (χ2v) is 4.72. The Hall–Kier alpha value is -1.22. The van der Waals surface area contributed by atoms with Gasteiger partial charge in [0.25, 0.3) is 0 Å². The van der Waals surface area contributed by atoms with E-state index in [0.29, 0.717) is 16.6 Å². The number of halogens is 2. The molecule has 4 heteroatoms. The molecule has 0 amide bonds. The van der Waals surface area contributed by atoms with Gasteiger partial charge in [0, 0.05) is 22.2 Å². The van der Waals surface area contributed by atoms with Crippen LogP contribution >= 0.6 is 23.2 Å². The molecule has 0 spiro atoms. The highest BCUT2D eigenvalue weighted by molar-refractivity contribution is 6.35. The van der Waals surface area contributed by atoms with Gasteiger partial charge in [0.15, 0.2) is 0 Å². The molecular weight excluding hydrogens is 269 g/mol. The Bertz CT molecular complexity index is 528. The highest BCUT2D eigenvalue weighted by atomic mass is 35.5. The maximum Gasteiger partial charge on any atom is 0.134 e. The van der Waals surface area contributed by atoms with Crippen LogP contribution in [0.15, 0.2) is 47.4 Å². The van der Waals surface area contributed by atoms with E-state index in [1.54, 1.807) is 12.1 Å². The van der Waals surface area contributed by atoms with Gasteiger partial charge in [-0.25, -0.2) is 0 Å². The van der Waals surface area contributed by atoms with E-state index in [4.69, 9.17) is 27.6 Å². The topological polar surface area (TPSA) is 25.2 Å². The minimum atomic E-state index is 0.597. The monoisotopic (exact) mass is 281 g/mol. The van der Waals surface area contributed by atoms with Gasteiger partial charge in [-0.05, 0) is 30.3 Å². The van der Waals surface area contributed by atoms with E-state index >= 15 is 0 Å². The normalized spacial score (nSPS) is 10.6. The molecule has 94 valence electrons. The van der Waals surface area contributed by atoms with Gasteiger partial charge in [0.1, 0.15) is 11.5 Å². The van der Waals surface area contributed by atoms with E-state index in [2.05, 4.69) is 11.9 Å². The van der Waals surface area contributed by atoms with Gasteiger partial charge < -0.3 is 9.73 Å². The molecule has 0 bridgehead atoms. The van der Waals surface area contributed by atoms with Crippen LogP contribution in [0.3, 0.4) is 0 Å². The van der Waals surface area contributed by atoms with Crippen LogP contribution in [-0.4, -0.2) is 6.54 Å². The average molecular weight is 282 g/mol. The zero-order valence-electron chi connectivity index (χ0n) is 9.75. The lowest BCUT2D eigenvalue weighted by Crippen LogP contribution is -2.11. The molecule has 0 saturated carbocycles. The van der Waals surface area contributed by atoms with Gasteiger partial charge in [-0.2, -0.15) is 0 Å². The third-order valence-electron chi connectivity index (χ3n) is 2.40. The smallest absolute Gasteiger partial charge is 0.134 e. The Balaban J connectivity index is 2.15. The van der Waals surface area contributed by atoms with Crippen LogP contribution in [0.2, 0.25) is 10.0 Å². The molecule has 0 fully saturated rings. The summed E-state index contributed by atoms with van der Waals surface area (Å²) in [6.07, 6.45) is 1.81. The molecule has 18 heavy (non-hydrogen) atoms. The summed E-state index contributed by atoms with van der Waals surface area (Å²) in [6.45, 7) is 5.06. The first-order valence-corrected chi connectivity index (χ1v) is 6.31. The summed E-state index contributed by atoms with van der Waals surface area (Å²) < 4.78 is 5.71. The van der Waals surface area contributed by atoms with Crippen LogP contribution < -0.4 is 5.32 Å². The van der Waals surface area contributed by atoms with Gasteiger partial charge >= 0.3 is 0 Å². The maximum absolute atomic E-state index is 5.96. The first-order chi connectivity index (χ1) is 8.69. The standard InChI is InChI=1S/C14H13Cl2NO/c1-2-5-17-9-13-3-4-14(18-13)10-6-11(15)8-12(16)7-10/h2-4,6-8,17H,1,5,9H2. The predicted octanol–water partition coefficient (Wildman–Crippen LogP) is 4.53. The Kier molecular flexibility index (Phi) is 4.48. The molecule has 1 aromatic heterocycles. The van der Waals surface area contributed by atoms with Gasteiger partial charge in [0.2, 0.25) is 0 Å². The molecule has 0 radical (unpaired) electrons. The molecule has 0 saturated heterocycles. The Labute approximate surface area is 116 Å². The Morgan fingerprint density at radius 1 is 1.17 bits per heavy atom. The van der Waals surface area contributed by atoms with Gasteiger partial charge in [-0.1, -0.05) is 29.3 Å². The summed E-state index contributed by atoms with van der Waals surface area (Å²) >= 11 is 11.9. The lowest BCUT2D eigenvalue weighted by atomic mass is 10.2. The number of furan rings is 1. The van der Waals surface area contributed by atoms with Crippen molar-refractivity contribution >= 4 is 23.2 Å². The van der Waals surface area contributed by atoms with Crippen LogP contribution in [0, 0.1) is 0 Å². The van der Waals surface area contributed by atoms with Crippen molar-refractivity contribution < 1.29 is 4.42 Å². The largest absolute Gasteiger partial charge is 0.460 e. The van der Waals surface area contributed by atoms with E-state index < -0.39 is 0 Å². The van der Waals surface area contributed by atoms with Crippen LogP contribution in [0.25, 0.3) is 11.3 Å². The number of rotatable bonds is 5. The number of nitrogens with one attached hydrogen (secondary N) is 1. The van der Waals surface area contributed by atoms with E-state index in [-0.39, 0.29) is 0 Å². The molecular formula is C14H13Cl2NO. The molecule has 0 atom stereocenters. The highest BCUT2D eigenvalue weighted by Gasteiger charge is 2.06. The van der Waals surface area contributed by atoms with E-state index in [9.17, 15) is 0 Å². The summed E-state index contributed by atoms with van der Waals surface area (Å²) in [4.78, 5) is 0. The van der Waals surface area contributed by atoms with Crippen molar-refractivity contribution in [1.82, 2.24) is 5.32 Å². The quantitative estimate of drug-likeness (QED) is 0.644. The minimum Gasteiger partial charge on any atom is -0.460 e. The molecule has 0 aliphatic carbocycles. The van der Waals surface area contributed by atoms with Crippen LogP contribution in [0.5, 0.6) is 0 Å². The summed E-state index contributed by atoms with van der Waals surface area (Å²) in [5.41, 5.74) is 0.877. The molecule has 2 rings (SSSR count). The number of benzene rings is 1. The van der Waals surface area contributed by atoms with Crippen molar-refractivity contribution in [2.75, 3.05) is 6.54 Å². The first kappa shape index (κ1) is 13.2. The summed E-state index contributed by atoms with van der Waals surface area (Å²) in [5.74, 6) is 1.62. The molecule has 0 aliphatic rings. The molecule has 1 N–H and O–H groups in total. The lowest BCUT2D eigenvalue weighted by molar-refractivity contribution is 0.502. The zero-order chi connectivity index (χ0) is 13.0. The fourth-order valence-electron chi connectivity index (χ4n) is 1.62. The summed E-state index contributed by atoms with van der Waals surface area (Å²) in [6, 6.07) is 9.19. The molecule has 1 aromatic carbocycles. The molecule has 0 unspecified atom stereocenters.